The van der Waals surface area contributed by atoms with E-state index in [1.165, 1.54) is 0 Å². The van der Waals surface area contributed by atoms with Gasteiger partial charge in [0, 0.05) is 29.2 Å². The van der Waals surface area contributed by atoms with Crippen molar-refractivity contribution in [2.45, 2.75) is 20.4 Å². The number of hydrogen-bond donors (Lipinski definition) is 2. The minimum atomic E-state index is -0.282. The van der Waals surface area contributed by atoms with Crippen molar-refractivity contribution in [3.63, 3.8) is 0 Å². The van der Waals surface area contributed by atoms with Crippen molar-refractivity contribution in [3.05, 3.63) is 52.1 Å². The first-order valence-corrected chi connectivity index (χ1v) is 6.99. The van der Waals surface area contributed by atoms with Crippen LogP contribution in [0.15, 0.2) is 40.4 Å². The van der Waals surface area contributed by atoms with Crippen molar-refractivity contribution in [3.8, 4) is 0 Å². The van der Waals surface area contributed by atoms with E-state index in [4.69, 9.17) is 0 Å². The molecule has 2 heterocycles. The number of H-pyrrole nitrogens is 1. The number of aromatic nitrogens is 4. The molecule has 0 spiro atoms. The summed E-state index contributed by atoms with van der Waals surface area (Å²) in [6.07, 6.45) is 3.74. The third kappa shape index (κ3) is 2.60. The molecule has 0 aliphatic carbocycles. The van der Waals surface area contributed by atoms with Crippen LogP contribution in [-0.2, 0) is 6.54 Å². The van der Waals surface area contributed by atoms with E-state index in [1.54, 1.807) is 13.1 Å². The van der Waals surface area contributed by atoms with Crippen molar-refractivity contribution in [2.75, 3.05) is 5.43 Å². The largest absolute Gasteiger partial charge is 0.347 e. The second-order valence-corrected chi connectivity index (χ2v) is 4.85. The minimum Gasteiger partial charge on any atom is -0.347 e. The Morgan fingerprint density at radius 1 is 1.36 bits per heavy atom. The Bertz CT molecular complexity index is 892. The Kier molecular flexibility index (Phi) is 3.69. The normalized spacial score (nSPS) is 11.4. The maximum Gasteiger partial charge on any atom is 0.274 e. The standard InChI is InChI=1S/C15H16N6O/c1-3-21-9-11(12-6-4-5-7-13(12)21)8-16-19-15-17-14(22)10(2)18-20-15/h4-9H,3H2,1-2H3,(H2,17,19,20,22)/b16-8+. The van der Waals surface area contributed by atoms with Gasteiger partial charge in [0.25, 0.3) is 5.56 Å². The van der Waals surface area contributed by atoms with Crippen LogP contribution in [0.5, 0.6) is 0 Å². The molecule has 0 aliphatic rings. The van der Waals surface area contributed by atoms with E-state index in [1.807, 2.05) is 18.3 Å². The zero-order chi connectivity index (χ0) is 15.5. The molecular weight excluding hydrogens is 280 g/mol. The smallest absolute Gasteiger partial charge is 0.274 e. The zero-order valence-corrected chi connectivity index (χ0v) is 12.4. The fraction of sp³-hybridized carbons (Fsp3) is 0.200. The Balaban J connectivity index is 1.86. The summed E-state index contributed by atoms with van der Waals surface area (Å²) in [5, 5.41) is 12.8. The summed E-state index contributed by atoms with van der Waals surface area (Å²) in [6.45, 7) is 4.58. The average Bonchev–Trinajstić information content (AvgIpc) is 2.89. The monoisotopic (exact) mass is 296 g/mol. The van der Waals surface area contributed by atoms with Crippen LogP contribution in [0.4, 0.5) is 5.95 Å². The Hall–Kier alpha value is -2.96. The summed E-state index contributed by atoms with van der Waals surface area (Å²) < 4.78 is 2.16. The van der Waals surface area contributed by atoms with Gasteiger partial charge in [0.2, 0.25) is 5.95 Å². The van der Waals surface area contributed by atoms with Crippen LogP contribution in [0, 0.1) is 6.92 Å². The average molecular weight is 296 g/mol. The first-order valence-electron chi connectivity index (χ1n) is 6.99. The van der Waals surface area contributed by atoms with Gasteiger partial charge in [-0.15, -0.1) is 10.2 Å². The van der Waals surface area contributed by atoms with Crippen LogP contribution in [0.25, 0.3) is 10.9 Å². The maximum atomic E-state index is 11.4. The van der Waals surface area contributed by atoms with E-state index >= 15 is 0 Å². The SMILES string of the molecule is CCn1cc(/C=N/Nc2nnc(C)c(=O)[nH]2)c2ccccc21. The number of benzene rings is 1. The molecule has 3 aromatic rings. The molecule has 0 bridgehead atoms. The van der Waals surface area contributed by atoms with Crippen molar-refractivity contribution in [2.24, 2.45) is 5.10 Å². The highest BCUT2D eigenvalue weighted by Crippen LogP contribution is 2.19. The third-order valence-electron chi connectivity index (χ3n) is 3.39. The van der Waals surface area contributed by atoms with Crippen molar-refractivity contribution >= 4 is 23.1 Å². The molecule has 22 heavy (non-hydrogen) atoms. The molecule has 0 atom stereocenters. The maximum absolute atomic E-state index is 11.4. The molecule has 7 heteroatoms. The van der Waals surface area contributed by atoms with Gasteiger partial charge < -0.3 is 4.57 Å². The molecule has 1 aromatic carbocycles. The zero-order valence-electron chi connectivity index (χ0n) is 12.4. The molecule has 0 amide bonds. The highest BCUT2D eigenvalue weighted by atomic mass is 16.1. The summed E-state index contributed by atoms with van der Waals surface area (Å²) in [4.78, 5) is 14.0. The number of hydrogen-bond acceptors (Lipinski definition) is 5. The first-order chi connectivity index (χ1) is 10.7. The fourth-order valence-electron chi connectivity index (χ4n) is 2.25. The van der Waals surface area contributed by atoms with Crippen LogP contribution in [0.3, 0.4) is 0 Å². The molecule has 112 valence electrons. The molecule has 3 rings (SSSR count). The van der Waals surface area contributed by atoms with E-state index in [9.17, 15) is 4.79 Å². The quantitative estimate of drug-likeness (QED) is 0.568. The molecule has 0 radical (unpaired) electrons. The molecule has 0 fully saturated rings. The van der Waals surface area contributed by atoms with E-state index in [-0.39, 0.29) is 11.5 Å². The van der Waals surface area contributed by atoms with Crippen molar-refractivity contribution < 1.29 is 0 Å². The number of anilines is 1. The summed E-state index contributed by atoms with van der Waals surface area (Å²) >= 11 is 0. The van der Waals surface area contributed by atoms with E-state index in [0.717, 1.165) is 23.0 Å². The molecule has 0 saturated carbocycles. The minimum absolute atomic E-state index is 0.214. The number of fused-ring (bicyclic) bond motifs is 1. The van der Waals surface area contributed by atoms with Crippen LogP contribution >= 0.6 is 0 Å². The van der Waals surface area contributed by atoms with Gasteiger partial charge in [0.1, 0.15) is 5.69 Å². The van der Waals surface area contributed by atoms with Crippen LogP contribution in [0.2, 0.25) is 0 Å². The molecule has 0 aliphatic heterocycles. The predicted octanol–water partition coefficient (Wildman–Crippen LogP) is 1.89. The Morgan fingerprint density at radius 3 is 2.95 bits per heavy atom. The van der Waals surface area contributed by atoms with E-state index < -0.39 is 0 Å². The van der Waals surface area contributed by atoms with Crippen molar-refractivity contribution in [1.29, 1.82) is 0 Å². The summed E-state index contributed by atoms with van der Waals surface area (Å²) in [6, 6.07) is 8.14. The highest BCUT2D eigenvalue weighted by Gasteiger charge is 2.05. The van der Waals surface area contributed by atoms with Crippen LogP contribution in [0.1, 0.15) is 18.2 Å². The van der Waals surface area contributed by atoms with Gasteiger partial charge in [0.05, 0.1) is 6.21 Å². The van der Waals surface area contributed by atoms with Gasteiger partial charge in [-0.3, -0.25) is 9.78 Å². The van der Waals surface area contributed by atoms with Gasteiger partial charge >= 0.3 is 0 Å². The van der Waals surface area contributed by atoms with Gasteiger partial charge in [-0.25, -0.2) is 5.43 Å². The summed E-state index contributed by atoms with van der Waals surface area (Å²) in [5.74, 6) is 0.214. The number of nitrogens with one attached hydrogen (secondary N) is 2. The molecule has 0 unspecified atom stereocenters. The lowest BCUT2D eigenvalue weighted by Gasteiger charge is -1.98. The molecular formula is C15H16N6O. The fourth-order valence-corrected chi connectivity index (χ4v) is 2.25. The topological polar surface area (TPSA) is 88.0 Å². The highest BCUT2D eigenvalue weighted by molar-refractivity contribution is 5.99. The molecule has 2 N–H and O–H groups in total. The second-order valence-electron chi connectivity index (χ2n) is 4.85. The first kappa shape index (κ1) is 14.0. The number of aryl methyl sites for hydroxylation is 2. The number of rotatable bonds is 4. The Morgan fingerprint density at radius 2 is 2.18 bits per heavy atom. The van der Waals surface area contributed by atoms with Gasteiger partial charge in [0.15, 0.2) is 0 Å². The molecule has 2 aromatic heterocycles. The summed E-state index contributed by atoms with van der Waals surface area (Å²) in [7, 11) is 0. The molecule has 7 nitrogen and oxygen atoms in total. The van der Waals surface area contributed by atoms with Crippen LogP contribution < -0.4 is 11.0 Å². The van der Waals surface area contributed by atoms with Crippen molar-refractivity contribution in [1.82, 2.24) is 19.7 Å². The number of aromatic amines is 1. The number of para-hydroxylation sites is 1. The number of nitrogens with zero attached hydrogens (tertiary/aromatic N) is 4. The van der Waals surface area contributed by atoms with Gasteiger partial charge in [-0.05, 0) is 19.9 Å². The second kappa shape index (κ2) is 5.80. The lowest BCUT2D eigenvalue weighted by molar-refractivity contribution is 0.797. The van der Waals surface area contributed by atoms with Crippen LogP contribution in [-0.4, -0.2) is 26.0 Å². The number of hydrazone groups is 1. The molecule has 0 saturated heterocycles. The lowest BCUT2D eigenvalue weighted by Crippen LogP contribution is -2.15. The lowest BCUT2D eigenvalue weighted by atomic mass is 10.2. The van der Waals surface area contributed by atoms with Gasteiger partial charge in [-0.1, -0.05) is 18.2 Å². The van der Waals surface area contributed by atoms with E-state index in [0.29, 0.717) is 5.69 Å². The van der Waals surface area contributed by atoms with Gasteiger partial charge in [-0.2, -0.15) is 5.10 Å². The Labute approximate surface area is 126 Å². The predicted molar refractivity (Wildman–Crippen MR) is 86.2 cm³/mol. The summed E-state index contributed by atoms with van der Waals surface area (Å²) in [5.41, 5.74) is 4.88. The third-order valence-corrected chi connectivity index (χ3v) is 3.39. The van der Waals surface area contributed by atoms with E-state index in [2.05, 4.69) is 49.3 Å².